The zero-order valence-electron chi connectivity index (χ0n) is 10.7. The lowest BCUT2D eigenvalue weighted by Gasteiger charge is -2.18. The molecule has 110 valence electrons. The molecule has 1 atom stereocenters. The lowest BCUT2D eigenvalue weighted by molar-refractivity contribution is -0.140. The summed E-state index contributed by atoms with van der Waals surface area (Å²) in [7, 11) is 0. The number of carbonyl (C=O) groups is 2. The molecule has 0 aliphatic heterocycles. The van der Waals surface area contributed by atoms with Crippen LogP contribution in [0.5, 0.6) is 0 Å². The van der Waals surface area contributed by atoms with Gasteiger partial charge < -0.3 is 15.7 Å². The summed E-state index contributed by atoms with van der Waals surface area (Å²) in [6, 6.07) is -1.52. The Kier molecular flexibility index (Phi) is 4.95. The molecular weight excluding hydrogens is 277 g/mol. The van der Waals surface area contributed by atoms with Crippen LogP contribution < -0.4 is 10.6 Å². The minimum absolute atomic E-state index is 0.399. The minimum atomic E-state index is -1.30. The molecule has 0 aliphatic carbocycles. The third kappa shape index (κ3) is 3.87. The maximum absolute atomic E-state index is 13.3. The van der Waals surface area contributed by atoms with Gasteiger partial charge in [-0.15, -0.1) is 0 Å². The molecule has 5 nitrogen and oxygen atoms in total. The topological polar surface area (TPSA) is 78.4 Å². The lowest BCUT2D eigenvalue weighted by atomic mass is 10.1. The van der Waals surface area contributed by atoms with Gasteiger partial charge in [0.1, 0.15) is 17.5 Å². The van der Waals surface area contributed by atoms with Crippen LogP contribution in [0.2, 0.25) is 0 Å². The predicted molar refractivity (Wildman–Crippen MR) is 64.7 cm³/mol. The molecule has 0 aromatic heterocycles. The Hall–Kier alpha value is -2.25. The number of aliphatic carboxylic acids is 1. The Morgan fingerprint density at radius 3 is 2.05 bits per heavy atom. The van der Waals surface area contributed by atoms with Gasteiger partial charge in [0.15, 0.2) is 11.6 Å². The molecule has 0 saturated carbocycles. The summed E-state index contributed by atoms with van der Waals surface area (Å²) >= 11 is 0. The zero-order valence-corrected chi connectivity index (χ0v) is 10.7. The molecule has 1 aromatic rings. The SMILES string of the molecule is CC(C)C(NC(=O)Nc1c(F)cc(F)cc1F)C(=O)O. The van der Waals surface area contributed by atoms with Crippen molar-refractivity contribution in [1.82, 2.24) is 5.32 Å². The quantitative estimate of drug-likeness (QED) is 0.796. The second-order valence-corrected chi connectivity index (χ2v) is 4.40. The number of carboxylic acids is 1. The van der Waals surface area contributed by atoms with Crippen LogP contribution in [0.15, 0.2) is 12.1 Å². The van der Waals surface area contributed by atoms with E-state index in [9.17, 15) is 22.8 Å². The highest BCUT2D eigenvalue weighted by atomic mass is 19.1. The van der Waals surface area contributed by atoms with Crippen LogP contribution in [0, 0.1) is 23.4 Å². The van der Waals surface area contributed by atoms with Gasteiger partial charge in [-0.2, -0.15) is 0 Å². The van der Waals surface area contributed by atoms with Crippen molar-refractivity contribution < 1.29 is 27.9 Å². The number of amides is 2. The number of hydrogen-bond acceptors (Lipinski definition) is 2. The Morgan fingerprint density at radius 2 is 1.65 bits per heavy atom. The Labute approximate surface area is 112 Å². The van der Waals surface area contributed by atoms with Crippen molar-refractivity contribution in [2.24, 2.45) is 5.92 Å². The predicted octanol–water partition coefficient (Wildman–Crippen LogP) is 2.33. The van der Waals surface area contributed by atoms with Crippen molar-refractivity contribution >= 4 is 17.7 Å². The summed E-state index contributed by atoms with van der Waals surface area (Å²) in [4.78, 5) is 22.4. The Morgan fingerprint density at radius 1 is 1.15 bits per heavy atom. The van der Waals surface area contributed by atoms with Crippen molar-refractivity contribution in [2.45, 2.75) is 19.9 Å². The van der Waals surface area contributed by atoms with Crippen LogP contribution in [0.4, 0.5) is 23.7 Å². The van der Waals surface area contributed by atoms with Crippen LogP contribution in [-0.2, 0) is 4.79 Å². The third-order valence-corrected chi connectivity index (χ3v) is 2.46. The number of carboxylic acid groups (broad SMARTS) is 1. The first-order valence-corrected chi connectivity index (χ1v) is 5.67. The van der Waals surface area contributed by atoms with Gasteiger partial charge in [-0.3, -0.25) is 0 Å². The fourth-order valence-corrected chi connectivity index (χ4v) is 1.47. The molecule has 1 unspecified atom stereocenters. The van der Waals surface area contributed by atoms with Crippen molar-refractivity contribution in [2.75, 3.05) is 5.32 Å². The highest BCUT2D eigenvalue weighted by molar-refractivity contribution is 5.92. The molecule has 2 amide bonds. The average Bonchev–Trinajstić information content (AvgIpc) is 2.29. The number of anilines is 1. The first kappa shape index (κ1) is 15.8. The van der Waals surface area contributed by atoms with Gasteiger partial charge in [0.25, 0.3) is 0 Å². The molecule has 3 N–H and O–H groups in total. The number of hydrogen-bond donors (Lipinski definition) is 3. The van der Waals surface area contributed by atoms with Crippen LogP contribution in [-0.4, -0.2) is 23.1 Å². The van der Waals surface area contributed by atoms with Gasteiger partial charge in [-0.25, -0.2) is 22.8 Å². The van der Waals surface area contributed by atoms with Gasteiger partial charge in [0, 0.05) is 12.1 Å². The summed E-state index contributed by atoms with van der Waals surface area (Å²) in [5, 5.41) is 12.7. The molecule has 1 aromatic carbocycles. The van der Waals surface area contributed by atoms with Crippen molar-refractivity contribution in [3.05, 3.63) is 29.6 Å². The fourth-order valence-electron chi connectivity index (χ4n) is 1.47. The molecule has 0 aliphatic rings. The van der Waals surface area contributed by atoms with Crippen molar-refractivity contribution in [3.63, 3.8) is 0 Å². The summed E-state index contributed by atoms with van der Waals surface area (Å²) in [5.41, 5.74) is -0.850. The van der Waals surface area contributed by atoms with E-state index in [1.54, 1.807) is 13.8 Å². The van der Waals surface area contributed by atoms with E-state index in [4.69, 9.17) is 5.11 Å². The number of halogens is 3. The van der Waals surface area contributed by atoms with E-state index in [-0.39, 0.29) is 0 Å². The second kappa shape index (κ2) is 6.27. The van der Waals surface area contributed by atoms with Crippen LogP contribution in [0.1, 0.15) is 13.8 Å². The summed E-state index contributed by atoms with van der Waals surface area (Å²) in [6.07, 6.45) is 0. The van der Waals surface area contributed by atoms with E-state index in [0.29, 0.717) is 12.1 Å². The van der Waals surface area contributed by atoms with Gasteiger partial charge in [0.2, 0.25) is 0 Å². The molecular formula is C12H13F3N2O3. The summed E-state index contributed by atoms with van der Waals surface area (Å²) in [5.74, 6) is -5.43. The first-order chi connectivity index (χ1) is 9.22. The highest BCUT2D eigenvalue weighted by Gasteiger charge is 2.24. The van der Waals surface area contributed by atoms with E-state index in [2.05, 4.69) is 5.32 Å². The van der Waals surface area contributed by atoms with E-state index in [1.165, 1.54) is 0 Å². The van der Waals surface area contributed by atoms with Crippen molar-refractivity contribution in [1.29, 1.82) is 0 Å². The van der Waals surface area contributed by atoms with Gasteiger partial charge >= 0.3 is 12.0 Å². The first-order valence-electron chi connectivity index (χ1n) is 5.67. The number of urea groups is 1. The molecule has 0 spiro atoms. The van der Waals surface area contributed by atoms with E-state index in [0.717, 1.165) is 0 Å². The van der Waals surface area contributed by atoms with E-state index < -0.39 is 47.1 Å². The molecule has 8 heteroatoms. The fraction of sp³-hybridized carbons (Fsp3) is 0.333. The average molecular weight is 290 g/mol. The van der Waals surface area contributed by atoms with Gasteiger partial charge in [-0.1, -0.05) is 13.8 Å². The third-order valence-electron chi connectivity index (χ3n) is 2.46. The maximum atomic E-state index is 13.3. The smallest absolute Gasteiger partial charge is 0.326 e. The van der Waals surface area contributed by atoms with Gasteiger partial charge in [-0.05, 0) is 5.92 Å². The Balaban J connectivity index is 2.84. The number of rotatable bonds is 4. The lowest BCUT2D eigenvalue weighted by Crippen LogP contribution is -2.46. The molecule has 0 fully saturated rings. The summed E-state index contributed by atoms with van der Waals surface area (Å²) < 4.78 is 39.3. The summed E-state index contributed by atoms with van der Waals surface area (Å²) in [6.45, 7) is 3.11. The molecule has 20 heavy (non-hydrogen) atoms. The molecule has 0 saturated heterocycles. The Bertz CT molecular complexity index is 512. The molecule has 0 heterocycles. The van der Waals surface area contributed by atoms with E-state index in [1.807, 2.05) is 5.32 Å². The molecule has 1 rings (SSSR count). The highest BCUT2D eigenvalue weighted by Crippen LogP contribution is 2.20. The van der Waals surface area contributed by atoms with Crippen LogP contribution >= 0.6 is 0 Å². The second-order valence-electron chi connectivity index (χ2n) is 4.40. The van der Waals surface area contributed by atoms with Gasteiger partial charge in [0.05, 0.1) is 0 Å². The molecule has 0 radical (unpaired) electrons. The molecule has 0 bridgehead atoms. The standard InChI is InChI=1S/C12H13F3N2O3/c1-5(2)9(11(18)19)16-12(20)17-10-7(14)3-6(13)4-8(10)15/h3-5,9H,1-2H3,(H,18,19)(H2,16,17,20). The van der Waals surface area contributed by atoms with E-state index >= 15 is 0 Å². The largest absolute Gasteiger partial charge is 0.480 e. The zero-order chi connectivity index (χ0) is 15.4. The van der Waals surface area contributed by atoms with Crippen LogP contribution in [0.3, 0.4) is 0 Å². The minimum Gasteiger partial charge on any atom is -0.480 e. The van der Waals surface area contributed by atoms with Crippen molar-refractivity contribution in [3.8, 4) is 0 Å². The maximum Gasteiger partial charge on any atom is 0.326 e. The normalized spacial score (nSPS) is 12.1. The monoisotopic (exact) mass is 290 g/mol. The number of benzene rings is 1. The number of carbonyl (C=O) groups excluding carboxylic acids is 1. The van der Waals surface area contributed by atoms with Crippen LogP contribution in [0.25, 0.3) is 0 Å². The number of nitrogens with one attached hydrogen (secondary N) is 2.